The van der Waals surface area contributed by atoms with Gasteiger partial charge in [-0.25, -0.2) is 9.97 Å². The number of anilines is 3. The van der Waals surface area contributed by atoms with Crippen LogP contribution in [0, 0.1) is 0 Å². The Balaban J connectivity index is 1.12. The maximum atomic E-state index is 13.3. The molecule has 0 saturated carbocycles. The number of nitrogens with one attached hydrogen (secondary N) is 1. The van der Waals surface area contributed by atoms with Crippen LogP contribution >= 0.6 is 0 Å². The number of amides is 1. The zero-order chi connectivity index (χ0) is 31.3. The molecule has 232 valence electrons. The van der Waals surface area contributed by atoms with Crippen molar-refractivity contribution < 1.29 is 14.3 Å². The number of ether oxygens (including phenoxy) is 2. The molecule has 11 nitrogen and oxygen atoms in total. The van der Waals surface area contributed by atoms with Gasteiger partial charge in [-0.3, -0.25) is 14.8 Å². The van der Waals surface area contributed by atoms with Crippen LogP contribution in [0.15, 0.2) is 91.5 Å². The molecule has 1 saturated heterocycles. The van der Waals surface area contributed by atoms with Gasteiger partial charge in [-0.1, -0.05) is 30.3 Å². The lowest BCUT2D eigenvalue weighted by molar-refractivity contribution is 0.0731. The second-order valence-electron chi connectivity index (χ2n) is 11.4. The summed E-state index contributed by atoms with van der Waals surface area (Å²) in [6, 6.07) is 21.6. The fraction of sp³-hybridized carbons (Fsp3) is 0.257. The Morgan fingerprint density at radius 2 is 1.83 bits per heavy atom. The summed E-state index contributed by atoms with van der Waals surface area (Å²) < 4.78 is 11.6. The van der Waals surface area contributed by atoms with Crippen molar-refractivity contribution >= 4 is 23.2 Å². The van der Waals surface area contributed by atoms with Gasteiger partial charge in [0.1, 0.15) is 12.4 Å². The summed E-state index contributed by atoms with van der Waals surface area (Å²) in [5.74, 6) is 2.51. The molecule has 1 fully saturated rings. The van der Waals surface area contributed by atoms with E-state index in [0.29, 0.717) is 62.4 Å². The first-order chi connectivity index (χ1) is 22.6. The Morgan fingerprint density at radius 3 is 2.63 bits per heavy atom. The lowest BCUT2D eigenvalue weighted by atomic mass is 10.0. The van der Waals surface area contributed by atoms with Crippen LogP contribution < -0.4 is 15.0 Å². The number of benzene rings is 2. The normalized spacial score (nSPS) is 16.1. The summed E-state index contributed by atoms with van der Waals surface area (Å²) in [4.78, 5) is 40.6. The molecule has 7 rings (SSSR count). The lowest BCUT2D eigenvalue weighted by Crippen LogP contribution is -2.45. The van der Waals surface area contributed by atoms with Crippen molar-refractivity contribution in [3.05, 3.63) is 114 Å². The highest BCUT2D eigenvalue weighted by Gasteiger charge is 2.30. The topological polar surface area (TPSA) is 118 Å². The zero-order valence-electron chi connectivity index (χ0n) is 25.5. The number of carbonyl (C=O) groups is 1. The molecule has 1 atom stereocenters. The average molecular weight is 615 g/mol. The third-order valence-electron chi connectivity index (χ3n) is 8.14. The molecule has 46 heavy (non-hydrogen) atoms. The predicted octanol–water partition coefficient (Wildman–Crippen LogP) is 5.07. The van der Waals surface area contributed by atoms with E-state index >= 15 is 0 Å². The summed E-state index contributed by atoms with van der Waals surface area (Å²) in [6.07, 6.45) is 7.22. The number of morpholine rings is 1. The van der Waals surface area contributed by atoms with Gasteiger partial charge in [-0.15, -0.1) is 0 Å². The van der Waals surface area contributed by atoms with Gasteiger partial charge in [0.15, 0.2) is 11.6 Å². The van der Waals surface area contributed by atoms with Gasteiger partial charge in [0.25, 0.3) is 5.91 Å². The molecular weight excluding hydrogens is 580 g/mol. The van der Waals surface area contributed by atoms with Gasteiger partial charge in [0.05, 0.1) is 49.5 Å². The van der Waals surface area contributed by atoms with Crippen molar-refractivity contribution in [2.24, 2.45) is 0 Å². The van der Waals surface area contributed by atoms with Crippen LogP contribution in [0.5, 0.6) is 5.88 Å². The molecule has 3 aromatic heterocycles. The maximum absolute atomic E-state index is 13.3. The van der Waals surface area contributed by atoms with Crippen LogP contribution in [0.25, 0.3) is 11.4 Å². The second kappa shape index (κ2) is 13.3. The number of rotatable bonds is 8. The first kappa shape index (κ1) is 29.3. The predicted molar refractivity (Wildman–Crippen MR) is 174 cm³/mol. The summed E-state index contributed by atoms with van der Waals surface area (Å²) in [6.45, 7) is 5.60. The Hall–Kier alpha value is -5.42. The van der Waals surface area contributed by atoms with Crippen LogP contribution in [0.4, 0.5) is 17.3 Å². The molecule has 2 aromatic carbocycles. The third kappa shape index (κ3) is 6.50. The minimum atomic E-state index is -0.0479. The number of hydrogen-bond acceptors (Lipinski definition) is 10. The molecule has 2 aliphatic heterocycles. The molecular formula is C35H34N8O3. The summed E-state index contributed by atoms with van der Waals surface area (Å²) in [5.41, 5.74) is 5.31. The molecule has 5 heterocycles. The number of fused-ring (bicyclic) bond motifs is 1. The van der Waals surface area contributed by atoms with E-state index in [0.717, 1.165) is 40.4 Å². The number of pyridine rings is 1. The highest BCUT2D eigenvalue weighted by molar-refractivity contribution is 5.94. The minimum absolute atomic E-state index is 0.0479. The highest BCUT2D eigenvalue weighted by atomic mass is 16.5. The van der Waals surface area contributed by atoms with E-state index < -0.39 is 0 Å². The minimum Gasteiger partial charge on any atom is -0.472 e. The summed E-state index contributed by atoms with van der Waals surface area (Å²) in [7, 11) is 0. The number of nitrogens with zero attached hydrogens (tertiary/aromatic N) is 7. The van der Waals surface area contributed by atoms with Gasteiger partial charge in [-0.05, 0) is 55.3 Å². The molecule has 1 N–H and O–H groups in total. The maximum Gasteiger partial charge on any atom is 0.255 e. The highest BCUT2D eigenvalue weighted by Crippen LogP contribution is 2.32. The smallest absolute Gasteiger partial charge is 0.255 e. The van der Waals surface area contributed by atoms with Gasteiger partial charge < -0.3 is 24.6 Å². The monoisotopic (exact) mass is 614 g/mol. The molecule has 1 amide bonds. The summed E-state index contributed by atoms with van der Waals surface area (Å²) >= 11 is 0. The van der Waals surface area contributed by atoms with Gasteiger partial charge >= 0.3 is 0 Å². The Bertz CT molecular complexity index is 1800. The van der Waals surface area contributed by atoms with E-state index in [1.807, 2.05) is 59.5 Å². The van der Waals surface area contributed by atoms with E-state index in [1.54, 1.807) is 36.9 Å². The molecule has 5 aromatic rings. The largest absolute Gasteiger partial charge is 0.472 e. The first-order valence-electron chi connectivity index (χ1n) is 15.4. The second-order valence-corrected chi connectivity index (χ2v) is 11.4. The first-order valence-corrected chi connectivity index (χ1v) is 15.4. The lowest BCUT2D eigenvalue weighted by Gasteiger charge is -2.37. The quantitative estimate of drug-likeness (QED) is 0.254. The van der Waals surface area contributed by atoms with Gasteiger partial charge in [0, 0.05) is 42.3 Å². The number of aromatic nitrogens is 5. The van der Waals surface area contributed by atoms with E-state index in [9.17, 15) is 4.79 Å². The molecule has 0 aliphatic carbocycles. The van der Waals surface area contributed by atoms with Crippen molar-refractivity contribution in [3.63, 3.8) is 0 Å². The van der Waals surface area contributed by atoms with E-state index in [1.165, 1.54) is 0 Å². The fourth-order valence-corrected chi connectivity index (χ4v) is 5.72. The molecule has 0 bridgehead atoms. The SMILES string of the molecule is C[C@H]1COCCN1c1nc(-c2ccc(Nc3cncc(OCc4ccccc4)n3)cc2)nc2c1CCN(C(=O)c1cccnc1)C2. The molecule has 0 radical (unpaired) electrons. The molecule has 0 spiro atoms. The van der Waals surface area contributed by atoms with Crippen molar-refractivity contribution in [1.82, 2.24) is 29.8 Å². The van der Waals surface area contributed by atoms with Gasteiger partial charge in [-0.2, -0.15) is 4.98 Å². The van der Waals surface area contributed by atoms with E-state index in [2.05, 4.69) is 32.1 Å². The Kier molecular flexibility index (Phi) is 8.46. The van der Waals surface area contributed by atoms with E-state index in [-0.39, 0.29) is 11.9 Å². The zero-order valence-corrected chi connectivity index (χ0v) is 25.5. The fourth-order valence-electron chi connectivity index (χ4n) is 5.72. The van der Waals surface area contributed by atoms with E-state index in [4.69, 9.17) is 19.4 Å². The van der Waals surface area contributed by atoms with Crippen LogP contribution in [0.3, 0.4) is 0 Å². The van der Waals surface area contributed by atoms with Crippen molar-refractivity contribution in [1.29, 1.82) is 0 Å². The molecule has 11 heteroatoms. The molecule has 0 unspecified atom stereocenters. The van der Waals surface area contributed by atoms with Crippen LogP contribution in [0.1, 0.15) is 34.1 Å². The standard InChI is InChI=1S/C35H34N8O3/c1-24-22-45-17-16-43(24)34-29-13-15-42(35(44)27-8-5-14-36-18-27)21-30(29)39-33(41-34)26-9-11-28(12-10-26)38-31-19-37-20-32(40-31)46-23-25-6-3-2-4-7-25/h2-12,14,18-20,24H,13,15-17,21-23H2,1H3,(H,38,40)/t24-/m0/s1. The van der Waals surface area contributed by atoms with Crippen molar-refractivity contribution in [3.8, 4) is 17.3 Å². The summed E-state index contributed by atoms with van der Waals surface area (Å²) in [5, 5.41) is 3.31. The Morgan fingerprint density at radius 1 is 0.957 bits per heavy atom. The third-order valence-corrected chi connectivity index (χ3v) is 8.14. The Labute approximate surface area is 267 Å². The molecule has 2 aliphatic rings. The number of carbonyl (C=O) groups excluding carboxylic acids is 1. The average Bonchev–Trinajstić information content (AvgIpc) is 3.11. The van der Waals surface area contributed by atoms with Crippen molar-refractivity contribution in [2.75, 3.05) is 36.5 Å². The van der Waals surface area contributed by atoms with Crippen molar-refractivity contribution in [2.45, 2.75) is 32.5 Å². The number of hydrogen-bond donors (Lipinski definition) is 1. The van der Waals surface area contributed by atoms with Crippen LogP contribution in [-0.2, 0) is 24.3 Å². The van der Waals surface area contributed by atoms with Gasteiger partial charge in [0.2, 0.25) is 5.88 Å². The van der Waals surface area contributed by atoms with Crippen LogP contribution in [-0.4, -0.2) is 68.1 Å². The van der Waals surface area contributed by atoms with Crippen LogP contribution in [0.2, 0.25) is 0 Å².